The minimum atomic E-state index is -0.541. The van der Waals surface area contributed by atoms with Crippen LogP contribution in [0.3, 0.4) is 0 Å². The Kier molecular flexibility index (Phi) is 3.92. The molecule has 120 valence electrons. The number of hydrogen-bond acceptors (Lipinski definition) is 4. The highest BCUT2D eigenvalue weighted by Gasteiger charge is 2.29. The lowest BCUT2D eigenvalue weighted by molar-refractivity contribution is -0.125. The average Bonchev–Trinajstić information content (AvgIpc) is 2.60. The number of nitriles is 1. The lowest BCUT2D eigenvalue weighted by atomic mass is 10.1. The SMILES string of the molecule is CC1Oc2ccc(C(=O)Nc3ccc(C#N)cc3)cc2N(C)C1=O. The van der Waals surface area contributed by atoms with Crippen LogP contribution in [0.5, 0.6) is 5.75 Å². The van der Waals surface area contributed by atoms with Gasteiger partial charge in [0.15, 0.2) is 6.10 Å². The van der Waals surface area contributed by atoms with Crippen LogP contribution in [0.1, 0.15) is 22.8 Å². The zero-order valence-corrected chi connectivity index (χ0v) is 13.2. The highest BCUT2D eigenvalue weighted by Crippen LogP contribution is 2.34. The van der Waals surface area contributed by atoms with Crippen molar-refractivity contribution in [2.45, 2.75) is 13.0 Å². The Morgan fingerprint density at radius 3 is 2.62 bits per heavy atom. The standard InChI is InChI=1S/C18H15N3O3/c1-11-18(23)21(2)15-9-13(5-8-16(15)24-11)17(22)20-14-6-3-12(10-19)4-7-14/h3-9,11H,1-2H3,(H,20,22). The molecule has 0 fully saturated rings. The molecule has 6 nitrogen and oxygen atoms in total. The Morgan fingerprint density at radius 1 is 1.25 bits per heavy atom. The number of amides is 2. The van der Waals surface area contributed by atoms with E-state index in [0.29, 0.717) is 28.3 Å². The van der Waals surface area contributed by atoms with Gasteiger partial charge in [-0.1, -0.05) is 0 Å². The molecule has 24 heavy (non-hydrogen) atoms. The van der Waals surface area contributed by atoms with E-state index >= 15 is 0 Å². The molecule has 0 bridgehead atoms. The third-order valence-electron chi connectivity index (χ3n) is 3.84. The summed E-state index contributed by atoms with van der Waals surface area (Å²) in [5, 5.41) is 11.5. The van der Waals surface area contributed by atoms with E-state index in [2.05, 4.69) is 5.32 Å². The van der Waals surface area contributed by atoms with Crippen LogP contribution in [0.15, 0.2) is 42.5 Å². The molecule has 0 radical (unpaired) electrons. The normalized spacial score (nSPS) is 16.0. The number of nitrogens with one attached hydrogen (secondary N) is 1. The highest BCUT2D eigenvalue weighted by atomic mass is 16.5. The van der Waals surface area contributed by atoms with E-state index in [1.165, 1.54) is 4.90 Å². The van der Waals surface area contributed by atoms with Gasteiger partial charge in [-0.25, -0.2) is 0 Å². The van der Waals surface area contributed by atoms with E-state index in [-0.39, 0.29) is 11.8 Å². The number of hydrogen-bond donors (Lipinski definition) is 1. The van der Waals surface area contributed by atoms with Crippen molar-refractivity contribution in [2.75, 3.05) is 17.3 Å². The molecule has 1 heterocycles. The van der Waals surface area contributed by atoms with Crippen molar-refractivity contribution < 1.29 is 14.3 Å². The van der Waals surface area contributed by atoms with Crippen molar-refractivity contribution in [2.24, 2.45) is 0 Å². The van der Waals surface area contributed by atoms with Crippen LogP contribution < -0.4 is 15.0 Å². The lowest BCUT2D eigenvalue weighted by Crippen LogP contribution is -2.42. The van der Waals surface area contributed by atoms with E-state index in [1.807, 2.05) is 6.07 Å². The Balaban J connectivity index is 1.83. The van der Waals surface area contributed by atoms with Crippen LogP contribution in [0.2, 0.25) is 0 Å². The van der Waals surface area contributed by atoms with Gasteiger partial charge in [0.2, 0.25) is 0 Å². The zero-order valence-electron chi connectivity index (χ0n) is 13.2. The predicted octanol–water partition coefficient (Wildman–Crippen LogP) is 2.55. The molecule has 0 saturated carbocycles. The second-order valence-corrected chi connectivity index (χ2v) is 5.48. The van der Waals surface area contributed by atoms with Crippen molar-refractivity contribution in [3.8, 4) is 11.8 Å². The summed E-state index contributed by atoms with van der Waals surface area (Å²) in [5.41, 5.74) is 2.08. The van der Waals surface area contributed by atoms with Crippen molar-refractivity contribution in [3.05, 3.63) is 53.6 Å². The van der Waals surface area contributed by atoms with E-state index in [0.717, 1.165) is 0 Å². The van der Waals surface area contributed by atoms with Gasteiger partial charge in [0, 0.05) is 18.3 Å². The van der Waals surface area contributed by atoms with Gasteiger partial charge in [-0.05, 0) is 49.4 Å². The van der Waals surface area contributed by atoms with Crippen molar-refractivity contribution in [1.29, 1.82) is 5.26 Å². The summed E-state index contributed by atoms with van der Waals surface area (Å²) in [7, 11) is 1.66. The first-order chi connectivity index (χ1) is 11.5. The zero-order chi connectivity index (χ0) is 17.3. The van der Waals surface area contributed by atoms with Crippen LogP contribution in [-0.2, 0) is 4.79 Å². The second kappa shape index (κ2) is 6.05. The first kappa shape index (κ1) is 15.6. The number of carbonyl (C=O) groups excluding carboxylic acids is 2. The number of rotatable bonds is 2. The van der Waals surface area contributed by atoms with Crippen molar-refractivity contribution in [1.82, 2.24) is 0 Å². The molecule has 2 amide bonds. The molecule has 3 rings (SSSR count). The minimum Gasteiger partial charge on any atom is -0.479 e. The van der Waals surface area contributed by atoms with Crippen LogP contribution in [0.4, 0.5) is 11.4 Å². The third kappa shape index (κ3) is 2.79. The van der Waals surface area contributed by atoms with E-state index in [4.69, 9.17) is 10.00 Å². The Hall–Kier alpha value is -3.33. The first-order valence-corrected chi connectivity index (χ1v) is 7.39. The monoisotopic (exact) mass is 321 g/mol. The van der Waals surface area contributed by atoms with Gasteiger partial charge < -0.3 is 15.0 Å². The summed E-state index contributed by atoms with van der Waals surface area (Å²) in [6, 6.07) is 13.6. The summed E-state index contributed by atoms with van der Waals surface area (Å²) in [6.45, 7) is 1.69. The fourth-order valence-electron chi connectivity index (χ4n) is 2.48. The predicted molar refractivity (Wildman–Crippen MR) is 89.1 cm³/mol. The highest BCUT2D eigenvalue weighted by molar-refractivity contribution is 6.06. The molecule has 1 atom stereocenters. The fraction of sp³-hybridized carbons (Fsp3) is 0.167. The maximum Gasteiger partial charge on any atom is 0.267 e. The summed E-state index contributed by atoms with van der Waals surface area (Å²) in [5.74, 6) is 0.105. The number of carbonyl (C=O) groups is 2. The third-order valence-corrected chi connectivity index (χ3v) is 3.84. The van der Waals surface area contributed by atoms with Gasteiger partial charge in [-0.3, -0.25) is 9.59 Å². The molecule has 2 aromatic rings. The summed E-state index contributed by atoms with van der Waals surface area (Å²) in [6.07, 6.45) is -0.541. The molecule has 1 aliphatic rings. The van der Waals surface area contributed by atoms with Crippen LogP contribution in [0, 0.1) is 11.3 Å². The Bertz CT molecular complexity index is 853. The smallest absolute Gasteiger partial charge is 0.267 e. The quantitative estimate of drug-likeness (QED) is 0.921. The molecule has 2 aromatic carbocycles. The van der Waals surface area contributed by atoms with E-state index in [1.54, 1.807) is 56.4 Å². The molecule has 1 N–H and O–H groups in total. The second-order valence-electron chi connectivity index (χ2n) is 5.48. The first-order valence-electron chi connectivity index (χ1n) is 7.39. The largest absolute Gasteiger partial charge is 0.479 e. The molecule has 0 saturated heterocycles. The van der Waals surface area contributed by atoms with Crippen LogP contribution >= 0.6 is 0 Å². The van der Waals surface area contributed by atoms with Gasteiger partial charge in [-0.15, -0.1) is 0 Å². The number of nitrogens with zero attached hydrogens (tertiary/aromatic N) is 2. The van der Waals surface area contributed by atoms with Crippen molar-refractivity contribution >= 4 is 23.2 Å². The van der Waals surface area contributed by atoms with Gasteiger partial charge in [0.05, 0.1) is 17.3 Å². The number of ether oxygens (including phenoxy) is 1. The number of likely N-dealkylation sites (N-methyl/N-ethyl adjacent to an activating group) is 1. The molecular weight excluding hydrogens is 306 g/mol. The summed E-state index contributed by atoms with van der Waals surface area (Å²) >= 11 is 0. The Morgan fingerprint density at radius 2 is 1.96 bits per heavy atom. The summed E-state index contributed by atoms with van der Waals surface area (Å²) in [4.78, 5) is 25.9. The van der Waals surface area contributed by atoms with Crippen molar-refractivity contribution in [3.63, 3.8) is 0 Å². The minimum absolute atomic E-state index is 0.160. The van der Waals surface area contributed by atoms with Crippen LogP contribution in [0.25, 0.3) is 0 Å². The molecule has 1 unspecified atom stereocenters. The molecule has 0 aliphatic carbocycles. The van der Waals surface area contributed by atoms with Crippen LogP contribution in [-0.4, -0.2) is 25.0 Å². The maximum absolute atomic E-state index is 12.4. The maximum atomic E-state index is 12.4. The topological polar surface area (TPSA) is 82.4 Å². The molecule has 0 spiro atoms. The summed E-state index contributed by atoms with van der Waals surface area (Å²) < 4.78 is 5.54. The molecule has 1 aliphatic heterocycles. The number of anilines is 2. The number of fused-ring (bicyclic) bond motifs is 1. The van der Waals surface area contributed by atoms with Gasteiger partial charge in [-0.2, -0.15) is 5.26 Å². The Labute approximate surface area is 139 Å². The molecule has 0 aromatic heterocycles. The lowest BCUT2D eigenvalue weighted by Gasteiger charge is -2.30. The van der Waals surface area contributed by atoms with E-state index in [9.17, 15) is 9.59 Å². The fourth-order valence-corrected chi connectivity index (χ4v) is 2.48. The van der Waals surface area contributed by atoms with Gasteiger partial charge >= 0.3 is 0 Å². The average molecular weight is 321 g/mol. The molecular formula is C18H15N3O3. The van der Waals surface area contributed by atoms with Gasteiger partial charge in [0.1, 0.15) is 5.75 Å². The van der Waals surface area contributed by atoms with E-state index < -0.39 is 6.10 Å². The number of benzene rings is 2. The van der Waals surface area contributed by atoms with Gasteiger partial charge in [0.25, 0.3) is 11.8 Å². The molecule has 6 heteroatoms.